The summed E-state index contributed by atoms with van der Waals surface area (Å²) in [5.41, 5.74) is 1.85. The summed E-state index contributed by atoms with van der Waals surface area (Å²) in [7, 11) is 1.50. The van der Waals surface area contributed by atoms with E-state index in [1.165, 1.54) is 19.2 Å². The molecule has 180 valence electrons. The summed E-state index contributed by atoms with van der Waals surface area (Å²) in [5, 5.41) is 8.51. The van der Waals surface area contributed by atoms with Gasteiger partial charge in [0, 0.05) is 12.6 Å². The topological polar surface area (TPSA) is 96.5 Å². The van der Waals surface area contributed by atoms with Crippen LogP contribution in [-0.2, 0) is 4.79 Å². The van der Waals surface area contributed by atoms with Crippen LogP contribution in [-0.4, -0.2) is 37.4 Å². The lowest BCUT2D eigenvalue weighted by molar-refractivity contribution is -0.123. The molecule has 35 heavy (non-hydrogen) atoms. The first-order valence-electron chi connectivity index (χ1n) is 11.3. The maximum atomic E-state index is 13.3. The van der Waals surface area contributed by atoms with E-state index in [-0.39, 0.29) is 35.4 Å². The smallest absolute Gasteiger partial charge is 0.252 e. The molecule has 0 unspecified atom stereocenters. The molecular formula is C27H26FN3O4. The van der Waals surface area contributed by atoms with Gasteiger partial charge in [-0.15, -0.1) is 0 Å². The number of carbonyl (C=O) groups is 3. The number of para-hydroxylation sites is 1. The van der Waals surface area contributed by atoms with Crippen LogP contribution in [0.25, 0.3) is 0 Å². The molecule has 3 amide bonds. The monoisotopic (exact) mass is 475 g/mol. The quantitative estimate of drug-likeness (QED) is 0.510. The van der Waals surface area contributed by atoms with Gasteiger partial charge in [-0.25, -0.2) is 4.39 Å². The summed E-state index contributed by atoms with van der Waals surface area (Å²) in [5.74, 6) is -1.42. The zero-order valence-corrected chi connectivity index (χ0v) is 19.4. The minimum absolute atomic E-state index is 0.140. The number of nitrogens with one attached hydrogen (secondary N) is 3. The molecule has 0 saturated heterocycles. The highest BCUT2D eigenvalue weighted by Gasteiger charge is 2.35. The predicted octanol–water partition coefficient (Wildman–Crippen LogP) is 3.34. The van der Waals surface area contributed by atoms with Gasteiger partial charge in [0.15, 0.2) is 0 Å². The van der Waals surface area contributed by atoms with Crippen molar-refractivity contribution in [1.82, 2.24) is 16.0 Å². The number of halogens is 1. The van der Waals surface area contributed by atoms with Crippen LogP contribution in [0.2, 0.25) is 0 Å². The zero-order valence-electron chi connectivity index (χ0n) is 19.4. The summed E-state index contributed by atoms with van der Waals surface area (Å²) in [4.78, 5) is 38.6. The average Bonchev–Trinajstić information content (AvgIpc) is 2.89. The molecule has 8 heteroatoms. The summed E-state index contributed by atoms with van der Waals surface area (Å²) < 4.78 is 19.2. The van der Waals surface area contributed by atoms with Crippen LogP contribution in [0.15, 0.2) is 72.8 Å². The maximum absolute atomic E-state index is 13.3. The van der Waals surface area contributed by atoms with E-state index >= 15 is 0 Å². The lowest BCUT2D eigenvalue weighted by Gasteiger charge is -2.35. The Hall–Kier alpha value is -4.20. The van der Waals surface area contributed by atoms with Crippen LogP contribution in [0.4, 0.5) is 4.39 Å². The van der Waals surface area contributed by atoms with Gasteiger partial charge < -0.3 is 20.7 Å². The molecule has 0 aromatic heterocycles. The van der Waals surface area contributed by atoms with Gasteiger partial charge in [0.05, 0.1) is 29.1 Å². The fourth-order valence-corrected chi connectivity index (χ4v) is 4.11. The molecule has 1 aliphatic heterocycles. The SMILES string of the molecule is CNC(=O)c1ccccc1C(=O)N[C@@H]1c2ccccc2OC[C@H]1NC(=O)[C@@H](C)c1ccc(F)cc1. The zero-order chi connectivity index (χ0) is 24.9. The first-order valence-corrected chi connectivity index (χ1v) is 11.3. The Balaban J connectivity index is 1.60. The molecule has 4 rings (SSSR count). The van der Waals surface area contributed by atoms with Crippen molar-refractivity contribution in [3.8, 4) is 5.75 Å². The Morgan fingerprint density at radius 1 is 0.886 bits per heavy atom. The molecular weight excluding hydrogens is 449 g/mol. The van der Waals surface area contributed by atoms with Gasteiger partial charge in [-0.05, 0) is 42.8 Å². The fraction of sp³-hybridized carbons (Fsp3) is 0.222. The average molecular weight is 476 g/mol. The lowest BCUT2D eigenvalue weighted by Crippen LogP contribution is -2.52. The van der Waals surface area contributed by atoms with Crippen molar-refractivity contribution in [3.63, 3.8) is 0 Å². The molecule has 3 aromatic rings. The summed E-state index contributed by atoms with van der Waals surface area (Å²) in [6.45, 7) is 1.87. The van der Waals surface area contributed by atoms with Crippen molar-refractivity contribution in [2.45, 2.75) is 24.9 Å². The van der Waals surface area contributed by atoms with Crippen LogP contribution in [0.1, 0.15) is 50.7 Å². The molecule has 0 saturated carbocycles. The van der Waals surface area contributed by atoms with E-state index in [0.29, 0.717) is 16.9 Å². The summed E-state index contributed by atoms with van der Waals surface area (Å²) >= 11 is 0. The molecule has 3 aromatic carbocycles. The van der Waals surface area contributed by atoms with Gasteiger partial charge in [0.25, 0.3) is 11.8 Å². The standard InChI is InChI=1S/C27H26FN3O4/c1-16(17-11-13-18(28)14-12-17)25(32)30-22-15-35-23-10-6-5-9-21(23)24(22)31-27(34)20-8-4-3-7-19(20)26(33)29-2/h3-14,16,22,24H,15H2,1-2H3,(H,29,33)(H,30,32)(H,31,34)/t16-,22+,24+/m0/s1. The highest BCUT2D eigenvalue weighted by molar-refractivity contribution is 6.07. The Bertz CT molecular complexity index is 1250. The highest BCUT2D eigenvalue weighted by atomic mass is 19.1. The molecule has 1 aliphatic rings. The molecule has 0 aliphatic carbocycles. The van der Waals surface area contributed by atoms with Gasteiger partial charge in [-0.3, -0.25) is 14.4 Å². The van der Waals surface area contributed by atoms with E-state index in [1.807, 2.05) is 18.2 Å². The third-order valence-electron chi connectivity index (χ3n) is 6.10. The van der Waals surface area contributed by atoms with E-state index < -0.39 is 23.9 Å². The number of hydrogen-bond acceptors (Lipinski definition) is 4. The molecule has 0 bridgehead atoms. The van der Waals surface area contributed by atoms with Crippen molar-refractivity contribution >= 4 is 17.7 Å². The maximum Gasteiger partial charge on any atom is 0.252 e. The van der Waals surface area contributed by atoms with Gasteiger partial charge >= 0.3 is 0 Å². The summed E-state index contributed by atoms with van der Waals surface area (Å²) in [6, 6.07) is 18.4. The number of benzene rings is 3. The molecule has 0 fully saturated rings. The van der Waals surface area contributed by atoms with Crippen molar-refractivity contribution in [1.29, 1.82) is 0 Å². The molecule has 3 atom stereocenters. The largest absolute Gasteiger partial charge is 0.491 e. The van der Waals surface area contributed by atoms with E-state index in [0.717, 1.165) is 0 Å². The molecule has 3 N–H and O–H groups in total. The Morgan fingerprint density at radius 2 is 1.51 bits per heavy atom. The van der Waals surface area contributed by atoms with Gasteiger partial charge in [0.2, 0.25) is 5.91 Å². The third-order valence-corrected chi connectivity index (χ3v) is 6.10. The van der Waals surface area contributed by atoms with Crippen LogP contribution in [0, 0.1) is 5.82 Å². The Kier molecular flexibility index (Phi) is 7.10. The molecule has 0 spiro atoms. The van der Waals surface area contributed by atoms with E-state index in [9.17, 15) is 18.8 Å². The summed E-state index contributed by atoms with van der Waals surface area (Å²) in [6.07, 6.45) is 0. The number of carbonyl (C=O) groups excluding carboxylic acids is 3. The Labute approximate surface area is 202 Å². The second kappa shape index (κ2) is 10.4. The normalized spacial score (nSPS) is 17.3. The highest BCUT2D eigenvalue weighted by Crippen LogP contribution is 2.33. The van der Waals surface area contributed by atoms with Crippen molar-refractivity contribution in [2.75, 3.05) is 13.7 Å². The minimum Gasteiger partial charge on any atom is -0.491 e. The minimum atomic E-state index is -0.602. The van der Waals surface area contributed by atoms with E-state index in [2.05, 4.69) is 16.0 Å². The first-order chi connectivity index (χ1) is 16.9. The van der Waals surface area contributed by atoms with E-state index in [4.69, 9.17) is 4.74 Å². The van der Waals surface area contributed by atoms with Crippen LogP contribution >= 0.6 is 0 Å². The van der Waals surface area contributed by atoms with Gasteiger partial charge in [-0.1, -0.05) is 42.5 Å². The molecule has 7 nitrogen and oxygen atoms in total. The molecule has 0 radical (unpaired) electrons. The van der Waals surface area contributed by atoms with Crippen LogP contribution < -0.4 is 20.7 Å². The van der Waals surface area contributed by atoms with Crippen molar-refractivity contribution in [3.05, 3.63) is 101 Å². The van der Waals surface area contributed by atoms with Crippen LogP contribution in [0.3, 0.4) is 0 Å². The van der Waals surface area contributed by atoms with E-state index in [1.54, 1.807) is 49.4 Å². The fourth-order valence-electron chi connectivity index (χ4n) is 4.11. The second-order valence-corrected chi connectivity index (χ2v) is 8.31. The number of amides is 3. The Morgan fingerprint density at radius 3 is 2.20 bits per heavy atom. The molecule has 1 heterocycles. The number of ether oxygens (including phenoxy) is 1. The van der Waals surface area contributed by atoms with Gasteiger partial charge in [-0.2, -0.15) is 0 Å². The third kappa shape index (κ3) is 5.16. The second-order valence-electron chi connectivity index (χ2n) is 8.31. The lowest BCUT2D eigenvalue weighted by atomic mass is 9.94. The number of rotatable bonds is 6. The van der Waals surface area contributed by atoms with Gasteiger partial charge in [0.1, 0.15) is 18.2 Å². The van der Waals surface area contributed by atoms with Crippen molar-refractivity contribution in [2.24, 2.45) is 0 Å². The first kappa shape index (κ1) is 23.9. The number of fused-ring (bicyclic) bond motifs is 1. The number of hydrogen-bond donors (Lipinski definition) is 3. The van der Waals surface area contributed by atoms with Crippen LogP contribution in [0.5, 0.6) is 5.75 Å². The van der Waals surface area contributed by atoms with Crippen molar-refractivity contribution < 1.29 is 23.5 Å². The predicted molar refractivity (Wildman–Crippen MR) is 129 cm³/mol.